The second kappa shape index (κ2) is 8.99. The number of anilines is 1. The van der Waals surface area contributed by atoms with Crippen molar-refractivity contribution < 1.29 is 13.2 Å². The number of piperazine rings is 1. The molecule has 1 N–H and O–H groups in total. The van der Waals surface area contributed by atoms with E-state index in [0.29, 0.717) is 38.4 Å². The number of alkyl halides is 3. The van der Waals surface area contributed by atoms with Crippen molar-refractivity contribution in [2.75, 3.05) is 44.2 Å². The number of nitrogens with zero attached hydrogens (tertiary/aromatic N) is 5. The summed E-state index contributed by atoms with van der Waals surface area (Å²) in [6, 6.07) is 5.53. The molecule has 1 saturated heterocycles. The molecular weight excluding hydrogens is 369 g/mol. The molecule has 1 aromatic heterocycles. The van der Waals surface area contributed by atoms with E-state index >= 15 is 0 Å². The zero-order valence-electron chi connectivity index (χ0n) is 15.9. The van der Waals surface area contributed by atoms with E-state index in [-0.39, 0.29) is 0 Å². The van der Waals surface area contributed by atoms with Gasteiger partial charge in [-0.2, -0.15) is 13.2 Å². The first-order valence-electron chi connectivity index (χ1n) is 9.38. The van der Waals surface area contributed by atoms with Gasteiger partial charge < -0.3 is 19.7 Å². The summed E-state index contributed by atoms with van der Waals surface area (Å²) in [5.41, 5.74) is -0.00152. The second-order valence-corrected chi connectivity index (χ2v) is 6.56. The molecule has 1 aliphatic heterocycles. The fourth-order valence-corrected chi connectivity index (χ4v) is 3.17. The van der Waals surface area contributed by atoms with Crippen LogP contribution in [0.25, 0.3) is 0 Å². The average molecular weight is 394 g/mol. The molecule has 0 spiro atoms. The molecule has 6 nitrogen and oxygen atoms in total. The van der Waals surface area contributed by atoms with Gasteiger partial charge in [0.25, 0.3) is 0 Å². The van der Waals surface area contributed by atoms with Crippen molar-refractivity contribution in [1.82, 2.24) is 19.8 Å². The van der Waals surface area contributed by atoms with Gasteiger partial charge in [0.2, 0.25) is 0 Å². The van der Waals surface area contributed by atoms with Crippen LogP contribution >= 0.6 is 0 Å². The van der Waals surface area contributed by atoms with Gasteiger partial charge in [-0.3, -0.25) is 4.99 Å². The normalized spacial score (nSPS) is 15.8. The number of aliphatic imine (C=N–C) groups is 1. The highest BCUT2D eigenvalue weighted by Gasteiger charge is 2.31. The Balaban J connectivity index is 1.59. The molecule has 152 valence electrons. The first kappa shape index (κ1) is 20.0. The third-order valence-corrected chi connectivity index (χ3v) is 4.63. The number of guanidine groups is 1. The number of nitrogens with one attached hydrogen (secondary N) is 1. The number of aromatic nitrogens is 2. The van der Waals surface area contributed by atoms with Gasteiger partial charge in [0.1, 0.15) is 0 Å². The number of rotatable bonds is 5. The maximum Gasteiger partial charge on any atom is 0.416 e. The number of imidazole rings is 1. The van der Waals surface area contributed by atoms with E-state index in [4.69, 9.17) is 0 Å². The minimum absolute atomic E-state index is 0.608. The van der Waals surface area contributed by atoms with Crippen molar-refractivity contribution in [2.24, 2.45) is 4.99 Å². The van der Waals surface area contributed by atoms with Gasteiger partial charge >= 0.3 is 6.18 Å². The van der Waals surface area contributed by atoms with E-state index in [1.807, 2.05) is 22.6 Å². The van der Waals surface area contributed by atoms with Gasteiger partial charge in [0, 0.05) is 57.3 Å². The van der Waals surface area contributed by atoms with Crippen LogP contribution in [0.15, 0.2) is 48.0 Å². The molecule has 1 fully saturated rings. The summed E-state index contributed by atoms with van der Waals surface area (Å²) in [6.07, 6.45) is 1.08. The molecular formula is C19H25F3N6. The van der Waals surface area contributed by atoms with Crippen molar-refractivity contribution in [2.45, 2.75) is 19.6 Å². The van der Waals surface area contributed by atoms with Crippen LogP contribution < -0.4 is 10.2 Å². The minimum Gasteiger partial charge on any atom is -0.368 e. The quantitative estimate of drug-likeness (QED) is 0.626. The lowest BCUT2D eigenvalue weighted by Gasteiger charge is -2.38. The molecule has 0 atom stereocenters. The van der Waals surface area contributed by atoms with E-state index in [1.54, 1.807) is 18.6 Å². The van der Waals surface area contributed by atoms with Gasteiger partial charge in [0.05, 0.1) is 18.4 Å². The number of benzene rings is 1. The molecule has 0 radical (unpaired) electrons. The molecule has 2 aromatic rings. The summed E-state index contributed by atoms with van der Waals surface area (Å²) in [4.78, 5) is 12.8. The molecule has 2 heterocycles. The third kappa shape index (κ3) is 5.17. The Morgan fingerprint density at radius 2 is 2.00 bits per heavy atom. The Bertz CT molecular complexity index is 764. The molecule has 1 aliphatic rings. The van der Waals surface area contributed by atoms with Gasteiger partial charge in [-0.15, -0.1) is 0 Å². The summed E-state index contributed by atoms with van der Waals surface area (Å²) >= 11 is 0. The first-order chi connectivity index (χ1) is 13.5. The van der Waals surface area contributed by atoms with E-state index in [2.05, 4.69) is 20.2 Å². The van der Waals surface area contributed by atoms with E-state index < -0.39 is 11.7 Å². The van der Waals surface area contributed by atoms with Crippen molar-refractivity contribution in [1.29, 1.82) is 0 Å². The van der Waals surface area contributed by atoms with Crippen LogP contribution in [0.4, 0.5) is 18.9 Å². The van der Waals surface area contributed by atoms with Crippen LogP contribution in [0.1, 0.15) is 12.5 Å². The fraction of sp³-hybridized carbons (Fsp3) is 0.474. The van der Waals surface area contributed by atoms with Gasteiger partial charge in [-0.25, -0.2) is 4.98 Å². The molecule has 9 heteroatoms. The smallest absolute Gasteiger partial charge is 0.368 e. The Kier molecular flexibility index (Phi) is 6.43. The van der Waals surface area contributed by atoms with Crippen molar-refractivity contribution in [3.8, 4) is 0 Å². The van der Waals surface area contributed by atoms with Crippen LogP contribution in [0.2, 0.25) is 0 Å². The lowest BCUT2D eigenvalue weighted by Crippen LogP contribution is -2.52. The van der Waals surface area contributed by atoms with Crippen molar-refractivity contribution >= 4 is 11.6 Å². The largest absolute Gasteiger partial charge is 0.416 e. The molecule has 1 aromatic carbocycles. The first-order valence-corrected chi connectivity index (χ1v) is 9.38. The highest BCUT2D eigenvalue weighted by Crippen LogP contribution is 2.31. The Morgan fingerprint density at radius 3 is 2.64 bits per heavy atom. The molecule has 3 rings (SSSR count). The minimum atomic E-state index is -4.32. The van der Waals surface area contributed by atoms with Crippen LogP contribution in [0.5, 0.6) is 0 Å². The predicted molar refractivity (Wildman–Crippen MR) is 103 cm³/mol. The molecule has 0 amide bonds. The number of hydrogen-bond acceptors (Lipinski definition) is 3. The molecule has 0 bridgehead atoms. The number of halogens is 3. The monoisotopic (exact) mass is 394 g/mol. The lowest BCUT2D eigenvalue weighted by molar-refractivity contribution is -0.137. The second-order valence-electron chi connectivity index (χ2n) is 6.56. The third-order valence-electron chi connectivity index (χ3n) is 4.63. The summed E-state index contributed by atoms with van der Waals surface area (Å²) in [5.74, 6) is 0.839. The van der Waals surface area contributed by atoms with Crippen LogP contribution in [-0.2, 0) is 12.7 Å². The Morgan fingerprint density at radius 1 is 1.21 bits per heavy atom. The Labute approximate surface area is 162 Å². The van der Waals surface area contributed by atoms with Gasteiger partial charge in [0.15, 0.2) is 5.96 Å². The van der Waals surface area contributed by atoms with E-state index in [9.17, 15) is 13.2 Å². The Hall–Kier alpha value is -2.71. The van der Waals surface area contributed by atoms with E-state index in [1.165, 1.54) is 12.1 Å². The van der Waals surface area contributed by atoms with Crippen LogP contribution in [-0.4, -0.2) is 59.7 Å². The highest BCUT2D eigenvalue weighted by molar-refractivity contribution is 5.80. The zero-order chi connectivity index (χ0) is 20.0. The predicted octanol–water partition coefficient (Wildman–Crippen LogP) is 2.69. The fourth-order valence-electron chi connectivity index (χ4n) is 3.17. The van der Waals surface area contributed by atoms with Gasteiger partial charge in [-0.05, 0) is 25.1 Å². The SMILES string of the molecule is CCNC(=NCCn1ccnc1)N1CCN(c2cccc(C(F)(F)F)c2)CC1. The highest BCUT2D eigenvalue weighted by atomic mass is 19.4. The van der Waals surface area contributed by atoms with Crippen LogP contribution in [0, 0.1) is 0 Å². The standard InChI is InChI=1S/C19H25F3N6/c1-2-24-18(25-7-9-26-8-6-23-15-26)28-12-10-27(11-13-28)17-5-3-4-16(14-17)19(20,21)22/h3-6,8,14-15H,2,7,9-13H2,1H3,(H,24,25). The van der Waals surface area contributed by atoms with Crippen molar-refractivity contribution in [3.63, 3.8) is 0 Å². The number of hydrogen-bond donors (Lipinski definition) is 1. The summed E-state index contributed by atoms with van der Waals surface area (Å²) in [7, 11) is 0. The van der Waals surface area contributed by atoms with E-state index in [0.717, 1.165) is 25.1 Å². The summed E-state index contributed by atoms with van der Waals surface area (Å²) in [5, 5.41) is 3.30. The van der Waals surface area contributed by atoms with Gasteiger partial charge in [-0.1, -0.05) is 6.07 Å². The summed E-state index contributed by atoms with van der Waals surface area (Å²) < 4.78 is 40.8. The molecule has 0 saturated carbocycles. The maximum atomic E-state index is 13.0. The molecule has 28 heavy (non-hydrogen) atoms. The van der Waals surface area contributed by atoms with Crippen LogP contribution in [0.3, 0.4) is 0 Å². The lowest BCUT2D eigenvalue weighted by atomic mass is 10.1. The molecule has 0 unspecified atom stereocenters. The topological polar surface area (TPSA) is 48.7 Å². The zero-order valence-corrected chi connectivity index (χ0v) is 15.9. The van der Waals surface area contributed by atoms with Crippen molar-refractivity contribution in [3.05, 3.63) is 48.5 Å². The summed E-state index contributed by atoms with van der Waals surface area (Å²) in [6.45, 7) is 6.86. The maximum absolute atomic E-state index is 13.0. The average Bonchev–Trinajstić information content (AvgIpc) is 3.20. The molecule has 0 aliphatic carbocycles.